The second-order valence-electron chi connectivity index (χ2n) is 4.55. The zero-order chi connectivity index (χ0) is 12.0. The van der Waals surface area contributed by atoms with Crippen molar-refractivity contribution in [1.82, 2.24) is 4.98 Å². The number of nitrogens with one attached hydrogen (secondary N) is 1. The molecule has 0 fully saturated rings. The number of carbonyl (C=O) groups excluding carboxylic acids is 1. The Balaban J connectivity index is 2.25. The van der Waals surface area contributed by atoms with Gasteiger partial charge in [0.2, 0.25) is 5.91 Å². The molecule has 0 radical (unpaired) electrons. The second kappa shape index (κ2) is 3.58. The first-order chi connectivity index (χ1) is 8.16. The van der Waals surface area contributed by atoms with Crippen LogP contribution in [-0.2, 0) is 11.2 Å². The van der Waals surface area contributed by atoms with Crippen LogP contribution < -0.4 is 5.73 Å². The van der Waals surface area contributed by atoms with E-state index < -0.39 is 0 Å². The summed E-state index contributed by atoms with van der Waals surface area (Å²) in [5, 5.41) is 0.881. The van der Waals surface area contributed by atoms with Gasteiger partial charge in [-0.25, -0.2) is 4.39 Å². The van der Waals surface area contributed by atoms with Crippen molar-refractivity contribution in [3.63, 3.8) is 0 Å². The third kappa shape index (κ3) is 1.52. The number of nitrogens with two attached hydrogens (primary N) is 1. The molecule has 1 aromatic heterocycles. The van der Waals surface area contributed by atoms with E-state index in [4.69, 9.17) is 5.73 Å². The maximum absolute atomic E-state index is 13.2. The van der Waals surface area contributed by atoms with E-state index in [-0.39, 0.29) is 17.6 Å². The molecule has 1 heterocycles. The number of primary amides is 1. The molecule has 0 unspecified atom stereocenters. The number of hydrogen-bond acceptors (Lipinski definition) is 1. The number of benzene rings is 1. The standard InChI is InChI=1S/C13H13FN2O/c14-7-4-5-11-10(6-7)8-2-1-3-9(13(15)17)12(8)16-11/h4-6,9,16H,1-3H2,(H2,15,17)/t9-/m0/s1. The van der Waals surface area contributed by atoms with Crippen molar-refractivity contribution in [2.24, 2.45) is 5.73 Å². The van der Waals surface area contributed by atoms with Gasteiger partial charge in [0.15, 0.2) is 0 Å². The van der Waals surface area contributed by atoms with Crippen molar-refractivity contribution in [1.29, 1.82) is 0 Å². The number of aromatic nitrogens is 1. The highest BCUT2D eigenvalue weighted by Gasteiger charge is 2.27. The van der Waals surface area contributed by atoms with Gasteiger partial charge >= 0.3 is 0 Å². The van der Waals surface area contributed by atoms with E-state index in [1.807, 2.05) is 0 Å². The maximum Gasteiger partial charge on any atom is 0.226 e. The van der Waals surface area contributed by atoms with Crippen molar-refractivity contribution in [3.05, 3.63) is 35.3 Å². The molecular weight excluding hydrogens is 219 g/mol. The number of fused-ring (bicyclic) bond motifs is 3. The Hall–Kier alpha value is -1.84. The van der Waals surface area contributed by atoms with Gasteiger partial charge in [-0.05, 0) is 43.0 Å². The molecule has 3 N–H and O–H groups in total. The molecule has 3 nitrogen and oxygen atoms in total. The molecule has 1 atom stereocenters. The molecule has 17 heavy (non-hydrogen) atoms. The lowest BCUT2D eigenvalue weighted by molar-refractivity contribution is -0.119. The van der Waals surface area contributed by atoms with Crippen molar-refractivity contribution < 1.29 is 9.18 Å². The summed E-state index contributed by atoms with van der Waals surface area (Å²) < 4.78 is 13.2. The Kier molecular flexibility index (Phi) is 2.18. The average molecular weight is 232 g/mol. The van der Waals surface area contributed by atoms with E-state index in [0.29, 0.717) is 0 Å². The molecule has 1 aliphatic rings. The molecule has 0 saturated carbocycles. The Labute approximate surface area is 97.8 Å². The van der Waals surface area contributed by atoms with Crippen molar-refractivity contribution in [3.8, 4) is 0 Å². The zero-order valence-corrected chi connectivity index (χ0v) is 9.29. The topological polar surface area (TPSA) is 58.9 Å². The molecule has 3 rings (SSSR count). The van der Waals surface area contributed by atoms with Gasteiger partial charge in [0, 0.05) is 16.6 Å². The predicted molar refractivity (Wildman–Crippen MR) is 63.1 cm³/mol. The minimum Gasteiger partial charge on any atom is -0.369 e. The van der Waals surface area contributed by atoms with Gasteiger partial charge in [-0.1, -0.05) is 0 Å². The maximum atomic E-state index is 13.2. The summed E-state index contributed by atoms with van der Waals surface area (Å²) in [7, 11) is 0. The van der Waals surface area contributed by atoms with Gasteiger partial charge in [0.1, 0.15) is 5.82 Å². The van der Waals surface area contributed by atoms with Gasteiger partial charge in [-0.15, -0.1) is 0 Å². The minimum absolute atomic E-state index is 0.250. The van der Waals surface area contributed by atoms with Crippen LogP contribution in [0.2, 0.25) is 0 Å². The van der Waals surface area contributed by atoms with E-state index in [9.17, 15) is 9.18 Å². The average Bonchev–Trinajstić information content (AvgIpc) is 2.66. The fourth-order valence-corrected chi connectivity index (χ4v) is 2.72. The van der Waals surface area contributed by atoms with Gasteiger partial charge in [0.05, 0.1) is 5.92 Å². The predicted octanol–water partition coefficient (Wildman–Crippen LogP) is 2.21. The lowest BCUT2D eigenvalue weighted by Gasteiger charge is -2.19. The molecule has 2 aromatic rings. The second-order valence-corrected chi connectivity index (χ2v) is 4.55. The molecule has 1 amide bonds. The molecule has 0 saturated heterocycles. The van der Waals surface area contributed by atoms with E-state index in [0.717, 1.165) is 41.4 Å². The molecular formula is C13H13FN2O. The van der Waals surface area contributed by atoms with Crippen LogP contribution in [0.4, 0.5) is 4.39 Å². The quantitative estimate of drug-likeness (QED) is 0.778. The zero-order valence-electron chi connectivity index (χ0n) is 9.29. The summed E-state index contributed by atoms with van der Waals surface area (Å²) in [5.74, 6) is -0.812. The number of aryl methyl sites for hydroxylation is 1. The third-order valence-electron chi connectivity index (χ3n) is 3.51. The Morgan fingerprint density at radius 1 is 1.47 bits per heavy atom. The summed E-state index contributed by atoms with van der Waals surface area (Å²) in [6, 6.07) is 4.65. The van der Waals surface area contributed by atoms with Crippen molar-refractivity contribution in [2.75, 3.05) is 0 Å². The van der Waals surface area contributed by atoms with Gasteiger partial charge in [-0.2, -0.15) is 0 Å². The number of amides is 1. The molecule has 0 spiro atoms. The Morgan fingerprint density at radius 3 is 3.06 bits per heavy atom. The van der Waals surface area contributed by atoms with Crippen LogP contribution in [-0.4, -0.2) is 10.9 Å². The van der Waals surface area contributed by atoms with Crippen LogP contribution in [0.15, 0.2) is 18.2 Å². The lowest BCUT2D eigenvalue weighted by atomic mass is 9.86. The van der Waals surface area contributed by atoms with Crippen LogP contribution in [0.1, 0.15) is 30.0 Å². The smallest absolute Gasteiger partial charge is 0.226 e. The fourth-order valence-electron chi connectivity index (χ4n) is 2.72. The number of aromatic amines is 1. The first kappa shape index (κ1) is 10.3. The molecule has 4 heteroatoms. The molecule has 0 bridgehead atoms. The van der Waals surface area contributed by atoms with Gasteiger partial charge in [0.25, 0.3) is 0 Å². The SMILES string of the molecule is NC(=O)[C@H]1CCCc2c1[nH]c1ccc(F)cc21. The summed E-state index contributed by atoms with van der Waals surface area (Å²) in [4.78, 5) is 14.6. The summed E-state index contributed by atoms with van der Waals surface area (Å²) in [5.41, 5.74) is 8.21. The Bertz CT molecular complexity index is 603. The monoisotopic (exact) mass is 232 g/mol. The third-order valence-corrected chi connectivity index (χ3v) is 3.51. The lowest BCUT2D eigenvalue weighted by Crippen LogP contribution is -2.24. The normalized spacial score (nSPS) is 19.2. The number of carbonyl (C=O) groups is 1. The highest BCUT2D eigenvalue weighted by molar-refractivity contribution is 5.89. The molecule has 1 aliphatic carbocycles. The highest BCUT2D eigenvalue weighted by Crippen LogP contribution is 2.35. The number of rotatable bonds is 1. The van der Waals surface area contributed by atoms with E-state index in [1.54, 1.807) is 6.07 Å². The van der Waals surface area contributed by atoms with Gasteiger partial charge < -0.3 is 10.7 Å². The van der Waals surface area contributed by atoms with Crippen molar-refractivity contribution >= 4 is 16.8 Å². The largest absolute Gasteiger partial charge is 0.369 e. The van der Waals surface area contributed by atoms with Crippen LogP contribution in [0, 0.1) is 5.82 Å². The van der Waals surface area contributed by atoms with Crippen LogP contribution in [0.25, 0.3) is 10.9 Å². The highest BCUT2D eigenvalue weighted by atomic mass is 19.1. The first-order valence-corrected chi connectivity index (χ1v) is 5.76. The molecule has 88 valence electrons. The summed E-state index contributed by atoms with van der Waals surface area (Å²) in [6.45, 7) is 0. The van der Waals surface area contributed by atoms with E-state index >= 15 is 0 Å². The fraction of sp³-hybridized carbons (Fsp3) is 0.308. The summed E-state index contributed by atoms with van der Waals surface area (Å²) >= 11 is 0. The van der Waals surface area contributed by atoms with E-state index in [2.05, 4.69) is 4.98 Å². The Morgan fingerprint density at radius 2 is 2.29 bits per heavy atom. The number of halogens is 1. The van der Waals surface area contributed by atoms with Gasteiger partial charge in [-0.3, -0.25) is 4.79 Å². The summed E-state index contributed by atoms with van der Waals surface area (Å²) in [6.07, 6.45) is 2.57. The van der Waals surface area contributed by atoms with Crippen LogP contribution in [0.5, 0.6) is 0 Å². The van der Waals surface area contributed by atoms with Crippen LogP contribution in [0.3, 0.4) is 0 Å². The number of H-pyrrole nitrogens is 1. The molecule has 0 aliphatic heterocycles. The number of hydrogen-bond donors (Lipinski definition) is 2. The first-order valence-electron chi connectivity index (χ1n) is 5.76. The van der Waals surface area contributed by atoms with E-state index in [1.165, 1.54) is 12.1 Å². The van der Waals surface area contributed by atoms with Crippen molar-refractivity contribution in [2.45, 2.75) is 25.2 Å². The minimum atomic E-state index is -0.307. The van der Waals surface area contributed by atoms with Crippen LogP contribution >= 0.6 is 0 Å². The molecule has 1 aromatic carbocycles.